The lowest BCUT2D eigenvalue weighted by atomic mass is 9.93. The minimum absolute atomic E-state index is 0.0620. The normalized spacial score (nSPS) is 25.6. The van der Waals surface area contributed by atoms with Gasteiger partial charge < -0.3 is 23.7 Å². The van der Waals surface area contributed by atoms with E-state index in [9.17, 15) is 18.0 Å². The zero-order valence-corrected chi connectivity index (χ0v) is 24.8. The van der Waals surface area contributed by atoms with Crippen LogP contribution < -0.4 is 4.74 Å². The van der Waals surface area contributed by atoms with E-state index in [4.69, 9.17) is 28.7 Å². The van der Waals surface area contributed by atoms with Gasteiger partial charge >= 0.3 is 12.3 Å². The first kappa shape index (κ1) is 32.5. The summed E-state index contributed by atoms with van der Waals surface area (Å²) in [5, 5.41) is 0.272. The maximum atomic E-state index is 14.6. The average Bonchev–Trinajstić information content (AvgIpc) is 3.30. The number of thioether (sulfide) groups is 1. The number of rotatable bonds is 11. The molecule has 1 unspecified atom stereocenters. The third kappa shape index (κ3) is 8.74. The minimum atomic E-state index is -4.77. The lowest BCUT2D eigenvalue weighted by Gasteiger charge is -2.45. The number of carbonyl (C=O) groups is 1. The predicted octanol–water partition coefficient (Wildman–Crippen LogP) is 6.43. The molecule has 6 atom stereocenters. The molecule has 1 amide bonds. The van der Waals surface area contributed by atoms with Crippen molar-refractivity contribution in [1.29, 1.82) is 0 Å². The van der Waals surface area contributed by atoms with Gasteiger partial charge in [-0.2, -0.15) is 13.2 Å². The molecule has 0 radical (unpaired) electrons. The van der Waals surface area contributed by atoms with Crippen LogP contribution in [0.2, 0.25) is 0 Å². The number of ether oxygens (including phenoxy) is 5. The lowest BCUT2D eigenvalue weighted by molar-refractivity contribution is -0.274. The van der Waals surface area contributed by atoms with Crippen LogP contribution in [0, 0.1) is 0 Å². The van der Waals surface area contributed by atoms with Gasteiger partial charge in [-0.05, 0) is 45.7 Å². The minimum Gasteiger partial charge on any atom is -0.478 e. The summed E-state index contributed by atoms with van der Waals surface area (Å²) in [7, 11) is 1.51. The summed E-state index contributed by atoms with van der Waals surface area (Å²) >= 11 is 1.06. The van der Waals surface area contributed by atoms with Gasteiger partial charge in [0.25, 0.3) is 0 Å². The highest BCUT2D eigenvalue weighted by atomic mass is 32.2. The summed E-state index contributed by atoms with van der Waals surface area (Å²) in [4.78, 5) is 18.7. The Morgan fingerprint density at radius 1 is 1.05 bits per heavy atom. The number of nitrogens with zero attached hydrogens (tertiary/aromatic N) is 2. The quantitative estimate of drug-likeness (QED) is 0.275. The van der Waals surface area contributed by atoms with Gasteiger partial charge in [-0.3, -0.25) is 9.89 Å². The van der Waals surface area contributed by atoms with Crippen LogP contribution in [-0.4, -0.2) is 84.1 Å². The topological polar surface area (TPSA) is 78.8 Å². The van der Waals surface area contributed by atoms with E-state index in [-0.39, 0.29) is 17.5 Å². The molecule has 0 N–H and O–H groups in total. The van der Waals surface area contributed by atoms with Crippen molar-refractivity contribution in [3.63, 3.8) is 0 Å². The molecular formula is C28H41F3N2O6S. The summed E-state index contributed by atoms with van der Waals surface area (Å²) in [5.41, 5.74) is -1.59. The molecule has 0 saturated carbocycles. The fourth-order valence-electron chi connectivity index (χ4n) is 4.24. The molecule has 1 aromatic rings. The number of halogens is 3. The van der Waals surface area contributed by atoms with Crippen LogP contribution >= 0.6 is 11.8 Å². The van der Waals surface area contributed by atoms with Crippen molar-refractivity contribution in [3.05, 3.63) is 30.3 Å². The Morgan fingerprint density at radius 2 is 1.65 bits per heavy atom. The van der Waals surface area contributed by atoms with Crippen molar-refractivity contribution in [2.45, 2.75) is 108 Å². The van der Waals surface area contributed by atoms with Gasteiger partial charge in [-0.15, -0.1) is 0 Å². The highest BCUT2D eigenvalue weighted by molar-refractivity contribution is 8.14. The molecule has 1 saturated heterocycles. The Kier molecular flexibility index (Phi) is 11.6. The van der Waals surface area contributed by atoms with E-state index in [1.807, 2.05) is 13.8 Å². The molecule has 0 spiro atoms. The Labute approximate surface area is 238 Å². The molecular weight excluding hydrogens is 549 g/mol. The largest absolute Gasteiger partial charge is 0.478 e. The molecule has 2 heterocycles. The number of fused-ring (bicyclic) bond motifs is 1. The van der Waals surface area contributed by atoms with Crippen molar-refractivity contribution < 1.29 is 41.7 Å². The van der Waals surface area contributed by atoms with Crippen molar-refractivity contribution in [3.8, 4) is 5.75 Å². The number of carbonyl (C=O) groups excluding carboxylic acids is 1. The van der Waals surface area contributed by atoms with Gasteiger partial charge in [0.2, 0.25) is 6.10 Å². The van der Waals surface area contributed by atoms with Crippen molar-refractivity contribution in [2.75, 3.05) is 20.3 Å². The number of unbranched alkanes of at least 4 members (excludes halogenated alkanes) is 2. The van der Waals surface area contributed by atoms with Gasteiger partial charge in [0.1, 0.15) is 41.1 Å². The summed E-state index contributed by atoms with van der Waals surface area (Å²) in [6.07, 6.45) is -8.23. The van der Waals surface area contributed by atoms with E-state index < -0.39 is 53.8 Å². The van der Waals surface area contributed by atoms with E-state index >= 15 is 0 Å². The lowest BCUT2D eigenvalue weighted by Crippen LogP contribution is -2.63. The molecule has 3 rings (SSSR count). The van der Waals surface area contributed by atoms with Crippen LogP contribution in [-0.2, 0) is 18.9 Å². The van der Waals surface area contributed by atoms with Crippen LogP contribution in [0.5, 0.6) is 5.75 Å². The highest BCUT2D eigenvalue weighted by Gasteiger charge is 2.59. The smallest absolute Gasteiger partial charge is 0.428 e. The number of amidine groups is 1. The Morgan fingerprint density at radius 3 is 2.20 bits per heavy atom. The molecule has 40 heavy (non-hydrogen) atoms. The van der Waals surface area contributed by atoms with E-state index in [0.717, 1.165) is 24.6 Å². The SMILES string of the molecule is CCCCO[C@@H]1[C@H]2N=C(N(C)C(=O)OC(C)(C)C)S[C@H]2O[C@H](C(Oc2ccccc2)C(F)(F)F)[C@H]1OCCCC. The summed E-state index contributed by atoms with van der Waals surface area (Å²) in [6, 6.07) is 7.13. The highest BCUT2D eigenvalue weighted by Crippen LogP contribution is 2.43. The van der Waals surface area contributed by atoms with Crippen LogP contribution in [0.25, 0.3) is 0 Å². The Balaban J connectivity index is 1.97. The first-order chi connectivity index (χ1) is 18.9. The molecule has 1 aromatic carbocycles. The molecule has 8 nitrogen and oxygen atoms in total. The summed E-state index contributed by atoms with van der Waals surface area (Å²) < 4.78 is 73.2. The maximum absolute atomic E-state index is 14.6. The van der Waals surface area contributed by atoms with E-state index in [1.54, 1.807) is 39.0 Å². The molecule has 0 bridgehead atoms. The standard InChI is InChI=1S/C28H41F3N2O6S/c1-7-9-16-35-20-19-24(40-25(32-19)33(6)26(34)39-27(3,4)5)38-22(21(20)36-17-10-8-2)23(28(29,30)31)37-18-14-12-11-13-15-18/h11-15,19-24H,7-10,16-17H2,1-6H3/t19-,20-,21+,22+,23?,24-/m1/s1. The van der Waals surface area contributed by atoms with Crippen molar-refractivity contribution in [2.24, 2.45) is 4.99 Å². The van der Waals surface area contributed by atoms with Crippen LogP contribution in [0.15, 0.2) is 35.3 Å². The third-order valence-electron chi connectivity index (χ3n) is 6.23. The zero-order valence-electron chi connectivity index (χ0n) is 24.0. The Hall–Kier alpha value is -2.02. The summed E-state index contributed by atoms with van der Waals surface area (Å²) in [5.74, 6) is 0.0620. The first-order valence-corrected chi connectivity index (χ1v) is 14.6. The third-order valence-corrected chi connectivity index (χ3v) is 7.45. The molecule has 2 aliphatic heterocycles. The van der Waals surface area contributed by atoms with Crippen molar-refractivity contribution in [1.82, 2.24) is 4.90 Å². The predicted molar refractivity (Wildman–Crippen MR) is 148 cm³/mol. The van der Waals surface area contributed by atoms with Gasteiger partial charge in [0, 0.05) is 20.3 Å². The molecule has 1 fully saturated rings. The van der Waals surface area contributed by atoms with E-state index in [0.29, 0.717) is 19.4 Å². The number of amides is 1. The molecule has 0 aliphatic carbocycles. The number of hydrogen-bond donors (Lipinski definition) is 0. The number of para-hydroxylation sites is 1. The molecule has 2 aliphatic rings. The van der Waals surface area contributed by atoms with Gasteiger partial charge in [-0.1, -0.05) is 56.7 Å². The number of benzene rings is 1. The zero-order chi connectivity index (χ0) is 29.5. The second-order valence-corrected chi connectivity index (χ2v) is 11.9. The van der Waals surface area contributed by atoms with Gasteiger partial charge in [0.15, 0.2) is 5.17 Å². The van der Waals surface area contributed by atoms with Crippen LogP contribution in [0.1, 0.15) is 60.3 Å². The maximum Gasteiger partial charge on any atom is 0.428 e. The number of aliphatic imine (C=N–C) groups is 1. The number of alkyl halides is 3. The van der Waals surface area contributed by atoms with Crippen LogP contribution in [0.4, 0.5) is 18.0 Å². The fraction of sp³-hybridized carbons (Fsp3) is 0.714. The molecule has 12 heteroatoms. The van der Waals surface area contributed by atoms with Crippen molar-refractivity contribution >= 4 is 23.0 Å². The second-order valence-electron chi connectivity index (χ2n) is 10.8. The van der Waals surface area contributed by atoms with E-state index in [2.05, 4.69) is 0 Å². The van der Waals surface area contributed by atoms with E-state index in [1.165, 1.54) is 24.1 Å². The Bertz CT molecular complexity index is 975. The monoisotopic (exact) mass is 590 g/mol. The average molecular weight is 591 g/mol. The first-order valence-electron chi connectivity index (χ1n) is 13.7. The second kappa shape index (κ2) is 14.2. The van der Waals surface area contributed by atoms with Crippen LogP contribution in [0.3, 0.4) is 0 Å². The molecule has 226 valence electrons. The van der Waals surface area contributed by atoms with Gasteiger partial charge in [0.05, 0.1) is 0 Å². The summed E-state index contributed by atoms with van der Waals surface area (Å²) in [6.45, 7) is 9.75. The fourth-order valence-corrected chi connectivity index (χ4v) is 5.40. The molecule has 0 aromatic heterocycles. The van der Waals surface area contributed by atoms with Gasteiger partial charge in [-0.25, -0.2) is 4.79 Å². The number of hydrogen-bond acceptors (Lipinski definition) is 8.